The van der Waals surface area contributed by atoms with Crippen LogP contribution in [-0.4, -0.2) is 53.4 Å². The molecule has 25 heavy (non-hydrogen) atoms. The van der Waals surface area contributed by atoms with E-state index in [1.807, 2.05) is 25.4 Å². The average molecular weight is 341 g/mol. The van der Waals surface area contributed by atoms with Gasteiger partial charge in [0.15, 0.2) is 0 Å². The number of nitrogens with zero attached hydrogens (tertiary/aromatic N) is 3. The molecule has 1 aromatic heterocycles. The van der Waals surface area contributed by atoms with E-state index in [4.69, 9.17) is 0 Å². The molecule has 0 spiro atoms. The molecule has 132 valence electrons. The Balaban J connectivity index is 1.49. The first kappa shape index (κ1) is 17.5. The molecule has 1 saturated heterocycles. The van der Waals surface area contributed by atoms with Crippen LogP contribution in [0.4, 0.5) is 4.39 Å². The molecule has 2 aromatic rings. The first-order valence-electron chi connectivity index (χ1n) is 8.78. The summed E-state index contributed by atoms with van der Waals surface area (Å²) in [5, 5.41) is 0. The summed E-state index contributed by atoms with van der Waals surface area (Å²) in [4.78, 5) is 21.1. The number of benzene rings is 1. The lowest BCUT2D eigenvalue weighted by atomic mass is 10.0. The highest BCUT2D eigenvalue weighted by Crippen LogP contribution is 2.18. The second-order valence-electron chi connectivity index (χ2n) is 6.57. The van der Waals surface area contributed by atoms with Crippen LogP contribution in [0.3, 0.4) is 0 Å². The molecule has 1 aliphatic heterocycles. The third kappa shape index (κ3) is 4.63. The van der Waals surface area contributed by atoms with Crippen molar-refractivity contribution in [2.24, 2.45) is 0 Å². The Labute approximate surface area is 148 Å². The van der Waals surface area contributed by atoms with Crippen molar-refractivity contribution in [2.45, 2.75) is 25.3 Å². The van der Waals surface area contributed by atoms with Crippen LogP contribution in [0.15, 0.2) is 48.7 Å². The van der Waals surface area contributed by atoms with Crippen molar-refractivity contribution in [2.75, 3.05) is 26.7 Å². The lowest BCUT2D eigenvalue weighted by molar-refractivity contribution is 0.0643. The Morgan fingerprint density at radius 3 is 2.72 bits per heavy atom. The van der Waals surface area contributed by atoms with Gasteiger partial charge in [-0.3, -0.25) is 9.78 Å². The van der Waals surface area contributed by atoms with Gasteiger partial charge in [-0.25, -0.2) is 4.39 Å². The van der Waals surface area contributed by atoms with E-state index < -0.39 is 0 Å². The van der Waals surface area contributed by atoms with Gasteiger partial charge < -0.3 is 9.80 Å². The van der Waals surface area contributed by atoms with E-state index in [1.54, 1.807) is 17.0 Å². The third-order valence-corrected chi connectivity index (χ3v) is 4.91. The molecule has 0 N–H and O–H groups in total. The molecule has 1 aromatic carbocycles. The number of halogens is 1. The zero-order chi connectivity index (χ0) is 17.6. The molecule has 0 unspecified atom stereocenters. The number of rotatable bonds is 5. The number of hydrogen-bond acceptors (Lipinski definition) is 3. The van der Waals surface area contributed by atoms with Crippen molar-refractivity contribution in [1.29, 1.82) is 0 Å². The highest BCUT2D eigenvalue weighted by atomic mass is 19.1. The lowest BCUT2D eigenvalue weighted by Gasteiger charge is -2.36. The number of piperidine rings is 1. The monoisotopic (exact) mass is 341 g/mol. The standard InChI is InChI=1S/C20H24FN3O/c1-23(20(25)16-5-4-6-17(21)15-16)19-9-13-24(14-10-19)12-8-18-7-2-3-11-22-18/h2-7,11,15,19H,8-10,12-14H2,1H3. The van der Waals surface area contributed by atoms with Crippen molar-refractivity contribution in [3.05, 3.63) is 65.7 Å². The van der Waals surface area contributed by atoms with Crippen molar-refractivity contribution in [1.82, 2.24) is 14.8 Å². The van der Waals surface area contributed by atoms with Crippen LogP contribution in [0.2, 0.25) is 0 Å². The molecule has 0 saturated carbocycles. The summed E-state index contributed by atoms with van der Waals surface area (Å²) in [7, 11) is 1.82. The van der Waals surface area contributed by atoms with Gasteiger partial charge in [0.1, 0.15) is 5.82 Å². The number of carbonyl (C=O) groups excluding carboxylic acids is 1. The fraction of sp³-hybridized carbons (Fsp3) is 0.400. The van der Waals surface area contributed by atoms with Gasteiger partial charge >= 0.3 is 0 Å². The number of carbonyl (C=O) groups is 1. The number of likely N-dealkylation sites (tertiary alicyclic amines) is 1. The van der Waals surface area contributed by atoms with Gasteiger partial charge in [-0.15, -0.1) is 0 Å². The van der Waals surface area contributed by atoms with Crippen molar-refractivity contribution in [3.8, 4) is 0 Å². The molecular weight excluding hydrogens is 317 g/mol. The van der Waals surface area contributed by atoms with Gasteiger partial charge in [-0.05, 0) is 43.2 Å². The summed E-state index contributed by atoms with van der Waals surface area (Å²) >= 11 is 0. The zero-order valence-electron chi connectivity index (χ0n) is 14.6. The van der Waals surface area contributed by atoms with Crippen LogP contribution in [0.25, 0.3) is 0 Å². The largest absolute Gasteiger partial charge is 0.339 e. The number of pyridine rings is 1. The Bertz CT molecular complexity index is 699. The molecular formula is C20H24FN3O. The maximum absolute atomic E-state index is 13.3. The first-order valence-corrected chi connectivity index (χ1v) is 8.78. The number of amides is 1. The van der Waals surface area contributed by atoms with Gasteiger partial charge in [-0.1, -0.05) is 12.1 Å². The lowest BCUT2D eigenvalue weighted by Crippen LogP contribution is -2.46. The van der Waals surface area contributed by atoms with E-state index in [-0.39, 0.29) is 17.8 Å². The first-order chi connectivity index (χ1) is 12.1. The Hall–Kier alpha value is -2.27. The molecule has 2 heterocycles. The summed E-state index contributed by atoms with van der Waals surface area (Å²) in [6.07, 6.45) is 4.66. The molecule has 0 bridgehead atoms. The normalized spacial score (nSPS) is 15.9. The molecule has 1 amide bonds. The minimum atomic E-state index is -0.372. The molecule has 5 heteroatoms. The molecule has 0 radical (unpaired) electrons. The van der Waals surface area contributed by atoms with Gasteiger partial charge in [0.05, 0.1) is 0 Å². The second kappa shape index (κ2) is 8.21. The molecule has 1 fully saturated rings. The van der Waals surface area contributed by atoms with E-state index in [0.29, 0.717) is 5.56 Å². The average Bonchev–Trinajstić information content (AvgIpc) is 2.66. The van der Waals surface area contributed by atoms with Gasteiger partial charge in [0, 0.05) is 56.6 Å². The van der Waals surface area contributed by atoms with Crippen LogP contribution in [-0.2, 0) is 6.42 Å². The van der Waals surface area contributed by atoms with E-state index >= 15 is 0 Å². The fourth-order valence-corrected chi connectivity index (χ4v) is 3.34. The molecule has 3 rings (SSSR count). The van der Waals surface area contributed by atoms with Crippen LogP contribution in [0, 0.1) is 5.82 Å². The maximum Gasteiger partial charge on any atom is 0.253 e. The Kier molecular flexibility index (Phi) is 5.76. The van der Waals surface area contributed by atoms with Crippen LogP contribution in [0.5, 0.6) is 0 Å². The van der Waals surface area contributed by atoms with Crippen molar-refractivity contribution in [3.63, 3.8) is 0 Å². The van der Waals surface area contributed by atoms with Crippen LogP contribution < -0.4 is 0 Å². The van der Waals surface area contributed by atoms with E-state index in [9.17, 15) is 9.18 Å². The van der Waals surface area contributed by atoms with Crippen LogP contribution >= 0.6 is 0 Å². The summed E-state index contributed by atoms with van der Waals surface area (Å²) in [5.41, 5.74) is 1.53. The van der Waals surface area contributed by atoms with Gasteiger partial charge in [-0.2, -0.15) is 0 Å². The number of hydrogen-bond donors (Lipinski definition) is 0. The topological polar surface area (TPSA) is 36.4 Å². The SMILES string of the molecule is CN(C(=O)c1cccc(F)c1)C1CCN(CCc2ccccn2)CC1. The van der Waals surface area contributed by atoms with E-state index in [0.717, 1.165) is 44.6 Å². The van der Waals surface area contributed by atoms with E-state index in [2.05, 4.69) is 16.0 Å². The molecule has 4 nitrogen and oxygen atoms in total. The fourth-order valence-electron chi connectivity index (χ4n) is 3.34. The zero-order valence-corrected chi connectivity index (χ0v) is 14.6. The number of aromatic nitrogens is 1. The highest BCUT2D eigenvalue weighted by molar-refractivity contribution is 5.94. The summed E-state index contributed by atoms with van der Waals surface area (Å²) in [6.45, 7) is 2.93. The van der Waals surface area contributed by atoms with E-state index in [1.165, 1.54) is 12.1 Å². The Morgan fingerprint density at radius 1 is 1.24 bits per heavy atom. The van der Waals surface area contributed by atoms with Crippen molar-refractivity contribution < 1.29 is 9.18 Å². The minimum absolute atomic E-state index is 0.105. The molecule has 0 aliphatic carbocycles. The summed E-state index contributed by atoms with van der Waals surface area (Å²) in [6, 6.07) is 12.1. The maximum atomic E-state index is 13.3. The quantitative estimate of drug-likeness (QED) is 0.839. The highest BCUT2D eigenvalue weighted by Gasteiger charge is 2.26. The predicted molar refractivity (Wildman–Crippen MR) is 95.9 cm³/mol. The summed E-state index contributed by atoms with van der Waals surface area (Å²) < 4.78 is 13.3. The van der Waals surface area contributed by atoms with Gasteiger partial charge in [0.2, 0.25) is 0 Å². The van der Waals surface area contributed by atoms with Gasteiger partial charge in [0.25, 0.3) is 5.91 Å². The smallest absolute Gasteiger partial charge is 0.253 e. The molecule has 0 atom stereocenters. The van der Waals surface area contributed by atoms with Crippen molar-refractivity contribution >= 4 is 5.91 Å². The Morgan fingerprint density at radius 2 is 2.04 bits per heavy atom. The second-order valence-corrected chi connectivity index (χ2v) is 6.57. The predicted octanol–water partition coefficient (Wildman–Crippen LogP) is 3.00. The molecule has 1 aliphatic rings. The minimum Gasteiger partial charge on any atom is -0.339 e. The third-order valence-electron chi connectivity index (χ3n) is 4.91. The summed E-state index contributed by atoms with van der Waals surface area (Å²) in [5.74, 6) is -0.477. The van der Waals surface area contributed by atoms with Crippen LogP contribution in [0.1, 0.15) is 28.9 Å².